The van der Waals surface area contributed by atoms with Gasteiger partial charge in [0.25, 0.3) is 0 Å². The first-order chi connectivity index (χ1) is 12.0. The average molecular weight is 380 g/mol. The number of aromatic amines is 1. The van der Waals surface area contributed by atoms with Crippen LogP contribution in [-0.4, -0.2) is 25.9 Å². The van der Waals surface area contributed by atoms with Crippen LogP contribution in [0, 0.1) is 11.3 Å². The molecule has 1 atom stereocenters. The molecule has 0 unspecified atom stereocenters. The van der Waals surface area contributed by atoms with Gasteiger partial charge in [0.2, 0.25) is 5.91 Å². The van der Waals surface area contributed by atoms with E-state index in [0.717, 1.165) is 12.8 Å². The van der Waals surface area contributed by atoms with E-state index in [2.05, 4.69) is 15.5 Å². The van der Waals surface area contributed by atoms with Gasteiger partial charge in [-0.15, -0.1) is 5.10 Å². The molecule has 2 aromatic rings. The third-order valence-corrected chi connectivity index (χ3v) is 4.87. The molecule has 2 N–H and O–H groups in total. The first kappa shape index (κ1) is 19.1. The number of hydrogen-bond donors (Lipinski definition) is 2. The molecule has 0 bridgehead atoms. The number of carbonyl (C=O) groups is 1. The van der Waals surface area contributed by atoms with Gasteiger partial charge in [-0.25, -0.2) is 9.89 Å². The zero-order chi connectivity index (χ0) is 18.4. The van der Waals surface area contributed by atoms with E-state index >= 15 is 0 Å². The number of benzene rings is 1. The van der Waals surface area contributed by atoms with Gasteiger partial charge in [-0.05, 0) is 31.5 Å². The van der Waals surface area contributed by atoms with Crippen LogP contribution in [0.4, 0.5) is 5.69 Å². The summed E-state index contributed by atoms with van der Waals surface area (Å²) in [7, 11) is 0. The zero-order valence-electron chi connectivity index (χ0n) is 13.9. The topological polar surface area (TPSA) is 104 Å². The van der Waals surface area contributed by atoms with Crippen molar-refractivity contribution < 1.29 is 4.79 Å². The highest BCUT2D eigenvalue weighted by Crippen LogP contribution is 2.24. The molecule has 25 heavy (non-hydrogen) atoms. The van der Waals surface area contributed by atoms with Gasteiger partial charge in [0, 0.05) is 12.2 Å². The molecule has 7 nitrogen and oxygen atoms in total. The fraction of sp³-hybridized carbons (Fsp3) is 0.375. The molecule has 0 aliphatic rings. The van der Waals surface area contributed by atoms with Gasteiger partial charge < -0.3 is 5.32 Å². The van der Waals surface area contributed by atoms with Crippen LogP contribution in [0.5, 0.6) is 0 Å². The number of H-pyrrole nitrogens is 1. The van der Waals surface area contributed by atoms with E-state index in [1.165, 1.54) is 22.4 Å². The Kier molecular flexibility index (Phi) is 6.67. The first-order valence-corrected chi connectivity index (χ1v) is 9.04. The van der Waals surface area contributed by atoms with Crippen molar-refractivity contribution in [1.29, 1.82) is 5.26 Å². The average Bonchev–Trinajstić information content (AvgIpc) is 2.92. The fourth-order valence-electron chi connectivity index (χ4n) is 2.05. The van der Waals surface area contributed by atoms with Gasteiger partial charge >= 0.3 is 5.69 Å². The van der Waals surface area contributed by atoms with E-state index in [4.69, 9.17) is 16.9 Å². The number of unbranched alkanes of at least 4 members (excludes halogenated alkanes) is 1. The van der Waals surface area contributed by atoms with Crippen molar-refractivity contribution in [3.05, 3.63) is 39.3 Å². The van der Waals surface area contributed by atoms with E-state index in [-0.39, 0.29) is 16.6 Å². The minimum Gasteiger partial charge on any atom is -0.325 e. The summed E-state index contributed by atoms with van der Waals surface area (Å²) < 4.78 is 1.54. The number of thioether (sulfide) groups is 1. The number of carbonyl (C=O) groups excluding carboxylic acids is 1. The molecular formula is C16H18ClN5O2S. The lowest BCUT2D eigenvalue weighted by atomic mass is 10.2. The molecule has 0 spiro atoms. The van der Waals surface area contributed by atoms with Crippen molar-refractivity contribution in [2.24, 2.45) is 0 Å². The Balaban J connectivity index is 2.05. The van der Waals surface area contributed by atoms with Crippen molar-refractivity contribution in [1.82, 2.24) is 14.8 Å². The molecule has 1 amide bonds. The van der Waals surface area contributed by atoms with Crippen LogP contribution in [-0.2, 0) is 11.3 Å². The summed E-state index contributed by atoms with van der Waals surface area (Å²) in [5, 5.41) is 18.3. The second kappa shape index (κ2) is 8.74. The lowest BCUT2D eigenvalue weighted by molar-refractivity contribution is -0.115. The number of hydrogen-bond acceptors (Lipinski definition) is 5. The smallest absolute Gasteiger partial charge is 0.325 e. The lowest BCUT2D eigenvalue weighted by Crippen LogP contribution is -2.24. The fourth-order valence-corrected chi connectivity index (χ4v) is 3.15. The van der Waals surface area contributed by atoms with E-state index in [1.54, 1.807) is 19.1 Å². The molecule has 1 heterocycles. The Morgan fingerprint density at radius 3 is 2.96 bits per heavy atom. The molecule has 0 saturated carbocycles. The Morgan fingerprint density at radius 1 is 1.56 bits per heavy atom. The second-order valence-corrected chi connectivity index (χ2v) is 7.09. The Hall–Kier alpha value is -2.24. The second-order valence-electron chi connectivity index (χ2n) is 5.37. The quantitative estimate of drug-likeness (QED) is 0.719. The van der Waals surface area contributed by atoms with Gasteiger partial charge in [0.05, 0.1) is 15.8 Å². The van der Waals surface area contributed by atoms with Crippen molar-refractivity contribution in [3.63, 3.8) is 0 Å². The monoisotopic (exact) mass is 379 g/mol. The highest BCUT2D eigenvalue weighted by atomic mass is 35.5. The maximum atomic E-state index is 12.3. The van der Waals surface area contributed by atoms with Gasteiger partial charge in [-0.3, -0.25) is 9.36 Å². The lowest BCUT2D eigenvalue weighted by Gasteiger charge is -2.12. The van der Waals surface area contributed by atoms with Crippen LogP contribution in [0.1, 0.15) is 32.3 Å². The van der Waals surface area contributed by atoms with E-state index in [9.17, 15) is 9.59 Å². The van der Waals surface area contributed by atoms with Crippen LogP contribution in [0.2, 0.25) is 5.02 Å². The molecular weight excluding hydrogens is 362 g/mol. The molecule has 0 saturated heterocycles. The molecule has 0 aliphatic carbocycles. The maximum Gasteiger partial charge on any atom is 0.343 e. The van der Waals surface area contributed by atoms with Crippen LogP contribution in [0.3, 0.4) is 0 Å². The minimum absolute atomic E-state index is 0.247. The number of amides is 1. The highest BCUT2D eigenvalue weighted by molar-refractivity contribution is 8.00. The molecule has 1 aromatic carbocycles. The Bertz CT molecular complexity index is 855. The summed E-state index contributed by atoms with van der Waals surface area (Å²) in [6.45, 7) is 4.33. The molecule has 2 rings (SSSR count). The molecule has 1 aromatic heterocycles. The number of anilines is 1. The van der Waals surface area contributed by atoms with Crippen LogP contribution < -0.4 is 11.0 Å². The third-order valence-electron chi connectivity index (χ3n) is 3.47. The predicted molar refractivity (Wildman–Crippen MR) is 97.9 cm³/mol. The number of nitrogens with zero attached hydrogens (tertiary/aromatic N) is 3. The summed E-state index contributed by atoms with van der Waals surface area (Å²) in [5.74, 6) is -0.247. The number of aromatic nitrogens is 3. The summed E-state index contributed by atoms with van der Waals surface area (Å²) in [5.41, 5.74) is 0.577. The number of nitriles is 1. The normalized spacial score (nSPS) is 11.8. The zero-order valence-corrected chi connectivity index (χ0v) is 15.4. The third kappa shape index (κ3) is 4.87. The summed E-state index contributed by atoms with van der Waals surface area (Å²) in [6.07, 6.45) is 1.81. The SMILES string of the molecule is CCCCn1c(S[C@H](C)C(=O)Nc2ccc(C#N)c(Cl)c2)n[nH]c1=O. The van der Waals surface area contributed by atoms with E-state index in [0.29, 0.717) is 23.0 Å². The predicted octanol–water partition coefficient (Wildman–Crippen LogP) is 3.02. The van der Waals surface area contributed by atoms with Gasteiger partial charge in [0.1, 0.15) is 6.07 Å². The molecule has 9 heteroatoms. The summed E-state index contributed by atoms with van der Waals surface area (Å²) in [4.78, 5) is 24.1. The van der Waals surface area contributed by atoms with Crippen molar-refractivity contribution in [2.45, 2.75) is 43.6 Å². The largest absolute Gasteiger partial charge is 0.343 e. The highest BCUT2D eigenvalue weighted by Gasteiger charge is 2.19. The number of nitrogens with one attached hydrogen (secondary N) is 2. The van der Waals surface area contributed by atoms with Crippen molar-refractivity contribution in [3.8, 4) is 6.07 Å². The maximum absolute atomic E-state index is 12.3. The van der Waals surface area contributed by atoms with E-state index in [1.807, 2.05) is 13.0 Å². The van der Waals surface area contributed by atoms with E-state index < -0.39 is 5.25 Å². The molecule has 0 aliphatic heterocycles. The van der Waals surface area contributed by atoms with Gasteiger partial charge in [-0.2, -0.15) is 5.26 Å². The van der Waals surface area contributed by atoms with Crippen LogP contribution in [0.25, 0.3) is 0 Å². The summed E-state index contributed by atoms with van der Waals surface area (Å²) >= 11 is 7.17. The van der Waals surface area contributed by atoms with Crippen LogP contribution >= 0.6 is 23.4 Å². The van der Waals surface area contributed by atoms with Gasteiger partial charge in [-0.1, -0.05) is 36.7 Å². The minimum atomic E-state index is -0.468. The Labute approximate surface area is 154 Å². The number of halogens is 1. The first-order valence-electron chi connectivity index (χ1n) is 7.78. The summed E-state index contributed by atoms with van der Waals surface area (Å²) in [6, 6.07) is 6.66. The van der Waals surface area contributed by atoms with Gasteiger partial charge in [0.15, 0.2) is 5.16 Å². The van der Waals surface area contributed by atoms with Crippen molar-refractivity contribution in [2.75, 3.05) is 5.32 Å². The standard InChI is InChI=1S/C16H18ClN5O2S/c1-3-4-7-22-15(24)20-21-16(22)25-10(2)14(23)19-12-6-5-11(9-18)13(17)8-12/h5-6,8,10H,3-4,7H2,1-2H3,(H,19,23)(H,20,24)/t10-/m1/s1. The van der Waals surface area contributed by atoms with Crippen molar-refractivity contribution >= 4 is 35.0 Å². The molecule has 0 fully saturated rings. The molecule has 0 radical (unpaired) electrons. The molecule has 132 valence electrons. The number of rotatable bonds is 7. The van der Waals surface area contributed by atoms with Crippen LogP contribution in [0.15, 0.2) is 28.2 Å². The Morgan fingerprint density at radius 2 is 2.32 bits per heavy atom.